The van der Waals surface area contributed by atoms with Crippen molar-refractivity contribution in [2.45, 2.75) is 25.4 Å². The van der Waals surface area contributed by atoms with E-state index in [1.54, 1.807) is 29.0 Å². The van der Waals surface area contributed by atoms with Crippen LogP contribution in [-0.4, -0.2) is 62.6 Å². The number of hydrogen-bond acceptors (Lipinski definition) is 9. The summed E-state index contributed by atoms with van der Waals surface area (Å²) in [6, 6.07) is 11.9. The third kappa shape index (κ3) is 5.52. The van der Waals surface area contributed by atoms with E-state index in [4.69, 9.17) is 0 Å². The van der Waals surface area contributed by atoms with Gasteiger partial charge in [0.05, 0.1) is 22.7 Å². The summed E-state index contributed by atoms with van der Waals surface area (Å²) >= 11 is 0. The summed E-state index contributed by atoms with van der Waals surface area (Å²) in [7, 11) is -2.85. The Morgan fingerprint density at radius 1 is 0.981 bits per heavy atom. The van der Waals surface area contributed by atoms with Gasteiger partial charge < -0.3 is 10.4 Å². The van der Waals surface area contributed by atoms with Gasteiger partial charge in [0, 0.05) is 41.6 Å². The third-order valence-electron chi connectivity index (χ3n) is 9.33. The Labute approximate surface area is 296 Å². The van der Waals surface area contributed by atoms with Gasteiger partial charge in [-0.3, -0.25) is 38.3 Å². The molecule has 0 spiro atoms. The first-order valence-corrected chi connectivity index (χ1v) is 17.4. The van der Waals surface area contributed by atoms with Crippen LogP contribution in [0, 0.1) is 11.6 Å². The lowest BCUT2D eigenvalue weighted by Crippen LogP contribution is -2.44. The Bertz CT molecular complexity index is 2810. The van der Waals surface area contributed by atoms with Gasteiger partial charge >= 0.3 is 15.9 Å². The molecule has 19 heteroatoms. The van der Waals surface area contributed by atoms with E-state index in [0.29, 0.717) is 31.8 Å². The van der Waals surface area contributed by atoms with Gasteiger partial charge in [-0.05, 0) is 59.8 Å². The molecule has 270 valence electrons. The molecule has 16 nitrogen and oxygen atoms in total. The minimum atomic E-state index is -4.39. The van der Waals surface area contributed by atoms with Crippen LogP contribution in [0.4, 0.5) is 20.2 Å². The van der Waals surface area contributed by atoms with Crippen LogP contribution < -0.4 is 25.4 Å². The number of hydrogen-bond donors (Lipinski definition) is 4. The standard InChI is InChI=1S/C34H26F2N8O8S/c1-41-26-10-16(2-5-23(26)44(34(41)50)24-6-7-28(46)39-33(24)49)21-9-18-13-37-42(25(18)12-22(21)35)14-29(47)38-19-3-4-20-17(8-19)11-27(45)32(31(20)36)43-15-30(48)40-53(43,51)52/h2-5,8-13,24,45H,6-7,14-15H2,1H3,(H,38,47)(H,40,48)(H,39,46,49). The lowest BCUT2D eigenvalue weighted by Gasteiger charge is -2.21. The maximum absolute atomic E-state index is 15.7. The summed E-state index contributed by atoms with van der Waals surface area (Å²) in [5, 5.41) is 20.2. The Morgan fingerprint density at radius 2 is 1.77 bits per heavy atom. The van der Waals surface area contributed by atoms with Crippen LogP contribution in [0.5, 0.6) is 5.75 Å². The highest BCUT2D eigenvalue weighted by atomic mass is 32.2. The van der Waals surface area contributed by atoms with Crippen molar-refractivity contribution in [2.24, 2.45) is 7.05 Å². The normalized spacial score (nSPS) is 17.2. The highest BCUT2D eigenvalue weighted by Gasteiger charge is 2.38. The molecule has 0 aliphatic carbocycles. The molecule has 4 heterocycles. The molecule has 2 saturated heterocycles. The average Bonchev–Trinajstić information content (AvgIpc) is 3.69. The van der Waals surface area contributed by atoms with E-state index in [9.17, 15) is 37.5 Å². The quantitative estimate of drug-likeness (QED) is 0.184. The van der Waals surface area contributed by atoms with Crippen LogP contribution in [0.3, 0.4) is 0 Å². The minimum absolute atomic E-state index is 0.0806. The fraction of sp³-hybridized carbons (Fsp3) is 0.176. The van der Waals surface area contributed by atoms with Gasteiger partial charge in [0.15, 0.2) is 5.82 Å². The summed E-state index contributed by atoms with van der Waals surface area (Å²) in [5.74, 6) is -4.89. The molecule has 2 aromatic heterocycles. The van der Waals surface area contributed by atoms with Crippen LogP contribution in [0.25, 0.3) is 43.8 Å². The summed E-state index contributed by atoms with van der Waals surface area (Å²) in [6.07, 6.45) is 1.72. The van der Waals surface area contributed by atoms with Crippen LogP contribution in [-0.2, 0) is 43.0 Å². The molecule has 2 fully saturated rings. The monoisotopic (exact) mass is 744 g/mol. The third-order valence-corrected chi connectivity index (χ3v) is 10.7. The maximum Gasteiger partial charge on any atom is 0.329 e. The molecule has 0 saturated carbocycles. The number of benzene rings is 4. The molecular formula is C34H26F2N8O8S. The van der Waals surface area contributed by atoms with Gasteiger partial charge in [-0.1, -0.05) is 6.07 Å². The predicted molar refractivity (Wildman–Crippen MR) is 186 cm³/mol. The molecule has 8 rings (SSSR count). The largest absolute Gasteiger partial charge is 0.506 e. The number of phenolic OH excluding ortho intramolecular Hbond substituents is 1. The van der Waals surface area contributed by atoms with Gasteiger partial charge in [-0.15, -0.1) is 0 Å². The number of fused-ring (bicyclic) bond motifs is 3. The smallest absolute Gasteiger partial charge is 0.329 e. The number of halogens is 2. The van der Waals surface area contributed by atoms with Gasteiger partial charge in [0.1, 0.15) is 36.4 Å². The SMILES string of the molecule is Cn1c(=O)n(C2CCC(=O)NC2=O)c2ccc(-c3cc4cnn(CC(=O)Nc5ccc6c(F)c(N7CC(=O)NS7(=O)=O)c(O)cc6c5)c4cc3F)cc21. The fourth-order valence-electron chi connectivity index (χ4n) is 6.84. The summed E-state index contributed by atoms with van der Waals surface area (Å²) in [4.78, 5) is 62.1. The summed E-state index contributed by atoms with van der Waals surface area (Å²) in [5.41, 5.74) is 0.899. The van der Waals surface area contributed by atoms with Crippen LogP contribution in [0.15, 0.2) is 65.6 Å². The first-order valence-electron chi connectivity index (χ1n) is 16.0. The highest BCUT2D eigenvalue weighted by molar-refractivity contribution is 7.92. The molecule has 0 radical (unpaired) electrons. The van der Waals surface area contributed by atoms with Crippen LogP contribution >= 0.6 is 0 Å². The predicted octanol–water partition coefficient (Wildman–Crippen LogP) is 2.29. The molecule has 2 aliphatic rings. The zero-order valence-corrected chi connectivity index (χ0v) is 28.2. The number of nitrogens with zero attached hydrogens (tertiary/aromatic N) is 5. The molecule has 4 N–H and O–H groups in total. The molecular weight excluding hydrogens is 718 g/mol. The average molecular weight is 745 g/mol. The second-order valence-electron chi connectivity index (χ2n) is 12.7. The van der Waals surface area contributed by atoms with E-state index in [1.807, 2.05) is 0 Å². The number of carbonyl (C=O) groups excluding carboxylic acids is 4. The molecule has 53 heavy (non-hydrogen) atoms. The maximum atomic E-state index is 15.7. The van der Waals surface area contributed by atoms with Crippen molar-refractivity contribution in [1.29, 1.82) is 0 Å². The van der Waals surface area contributed by atoms with Crippen LogP contribution in [0.1, 0.15) is 18.9 Å². The molecule has 4 amide bonds. The molecule has 1 atom stereocenters. The van der Waals surface area contributed by atoms with Gasteiger partial charge in [-0.2, -0.15) is 13.5 Å². The molecule has 0 bridgehead atoms. The van der Waals surface area contributed by atoms with Crippen molar-refractivity contribution in [3.05, 3.63) is 82.9 Å². The zero-order chi connectivity index (χ0) is 37.5. The number of amides is 4. The number of phenols is 1. The Balaban J connectivity index is 1.03. The van der Waals surface area contributed by atoms with Crippen molar-refractivity contribution < 1.29 is 41.5 Å². The van der Waals surface area contributed by atoms with E-state index in [2.05, 4.69) is 15.7 Å². The molecule has 2 aliphatic heterocycles. The van der Waals surface area contributed by atoms with Gasteiger partial charge in [0.25, 0.3) is 5.91 Å². The first-order chi connectivity index (χ1) is 25.2. The van der Waals surface area contributed by atoms with Crippen molar-refractivity contribution in [3.8, 4) is 16.9 Å². The number of rotatable bonds is 6. The van der Waals surface area contributed by atoms with Crippen molar-refractivity contribution >= 4 is 77.9 Å². The molecule has 6 aromatic rings. The highest BCUT2D eigenvalue weighted by Crippen LogP contribution is 2.39. The molecule has 4 aromatic carbocycles. The number of piperidine rings is 1. The first kappa shape index (κ1) is 33.5. The van der Waals surface area contributed by atoms with Crippen molar-refractivity contribution in [2.75, 3.05) is 16.2 Å². The Hall–Kier alpha value is -6.63. The minimum Gasteiger partial charge on any atom is -0.506 e. The lowest BCUT2D eigenvalue weighted by molar-refractivity contribution is -0.135. The number of imide groups is 1. The van der Waals surface area contributed by atoms with Crippen molar-refractivity contribution in [3.63, 3.8) is 0 Å². The number of aromatic nitrogens is 4. The van der Waals surface area contributed by atoms with Crippen LogP contribution in [0.2, 0.25) is 0 Å². The number of imidazole rings is 1. The number of carbonyl (C=O) groups is 4. The van der Waals surface area contributed by atoms with E-state index >= 15 is 8.78 Å². The zero-order valence-electron chi connectivity index (χ0n) is 27.4. The lowest BCUT2D eigenvalue weighted by atomic mass is 10.0. The van der Waals surface area contributed by atoms with E-state index in [-0.39, 0.29) is 41.4 Å². The van der Waals surface area contributed by atoms with Gasteiger partial charge in [0.2, 0.25) is 17.7 Å². The summed E-state index contributed by atoms with van der Waals surface area (Å²) < 4.78 is 61.7. The Kier molecular flexibility index (Phi) is 7.57. The van der Waals surface area contributed by atoms with Gasteiger partial charge in [-0.25, -0.2) is 22.6 Å². The van der Waals surface area contributed by atoms with E-state index in [0.717, 1.165) is 6.07 Å². The molecule has 1 unspecified atom stereocenters. The second-order valence-corrected chi connectivity index (χ2v) is 14.2. The van der Waals surface area contributed by atoms with E-state index < -0.39 is 75.2 Å². The number of aryl methyl sites for hydroxylation is 1. The summed E-state index contributed by atoms with van der Waals surface area (Å²) in [6.45, 7) is -1.05. The fourth-order valence-corrected chi connectivity index (χ4v) is 8.01. The van der Waals surface area contributed by atoms with E-state index in [1.165, 1.54) is 51.3 Å². The number of aromatic hydroxyl groups is 1. The van der Waals surface area contributed by atoms with Crippen molar-refractivity contribution in [1.82, 2.24) is 29.0 Å². The topological polar surface area (TPSA) is 207 Å². The Morgan fingerprint density at radius 3 is 2.51 bits per heavy atom. The second kappa shape index (κ2) is 12.0. The number of anilines is 2. The number of nitrogens with one attached hydrogen (secondary N) is 3.